The number of pyridine rings is 1. The van der Waals surface area contributed by atoms with Gasteiger partial charge < -0.3 is 14.0 Å². The third kappa shape index (κ3) is 6.10. The van der Waals surface area contributed by atoms with Crippen LogP contribution in [-0.4, -0.2) is 19.1 Å². The standard InChI is InChI=1S/C56H43N5O.Pt/c1-55(2,3)34-28-35(56(4,5)6)30-36(29-34)60-46-21-14-17-37(53(46)59-54(60)42-19-13-18-41-38-15-7-9-20-45(38)58-52(41)42)33-24-25-39-43-31-44-40-16-8-10-22-49(40)62-50(44)32-48(43)61(47(39)27-33)51-23-11-12-26-57-51;/h7-26,28-32H,1-6H3;/q-2;+2. The van der Waals surface area contributed by atoms with Gasteiger partial charge in [-0.25, -0.2) is 9.97 Å². The first-order valence-corrected chi connectivity index (χ1v) is 21.4. The molecule has 0 atom stereocenters. The van der Waals surface area contributed by atoms with Gasteiger partial charge in [0.25, 0.3) is 0 Å². The topological polar surface area (TPSA) is 62.9 Å². The Bertz CT molecular complexity index is 3740. The Kier molecular flexibility index (Phi) is 8.78. The zero-order valence-electron chi connectivity index (χ0n) is 35.9. The fourth-order valence-electron chi connectivity index (χ4n) is 9.38. The summed E-state index contributed by atoms with van der Waals surface area (Å²) < 4.78 is 11.0. The number of benzene rings is 7. The van der Waals surface area contributed by atoms with Crippen molar-refractivity contribution in [2.45, 2.75) is 52.4 Å². The van der Waals surface area contributed by atoms with Gasteiger partial charge in [0, 0.05) is 39.8 Å². The molecule has 7 aromatic carbocycles. The minimum Gasteiger partial charge on any atom is -0.656 e. The van der Waals surface area contributed by atoms with Crippen molar-refractivity contribution >= 4 is 76.6 Å². The average molecular weight is 997 g/mol. The third-order valence-electron chi connectivity index (χ3n) is 12.6. The van der Waals surface area contributed by atoms with E-state index in [1.54, 1.807) is 0 Å². The van der Waals surface area contributed by atoms with Crippen LogP contribution in [0.4, 0.5) is 0 Å². The van der Waals surface area contributed by atoms with Gasteiger partial charge in [-0.2, -0.15) is 0 Å². The number of imidazole rings is 1. The maximum atomic E-state index is 6.41. The van der Waals surface area contributed by atoms with Crippen LogP contribution in [0.3, 0.4) is 0 Å². The molecule has 0 bridgehead atoms. The second kappa shape index (κ2) is 14.1. The SMILES string of the molecule is CC(C)(C)c1cc(-n2c(-c3cccc4c3[n-]c3ccccc34)nc3c(-c4[c-]c5c(cc4)c4cc6c(cc4n5-c4ccccn4)oc4ccccc46)cccc32)cc(C(C)(C)C)c1.[Pt+2]. The molecule has 0 saturated heterocycles. The van der Waals surface area contributed by atoms with Gasteiger partial charge in [-0.15, -0.1) is 34.8 Å². The number of aromatic nitrogens is 5. The van der Waals surface area contributed by atoms with E-state index in [2.05, 4.69) is 178 Å². The molecule has 12 rings (SSSR count). The molecule has 63 heavy (non-hydrogen) atoms. The van der Waals surface area contributed by atoms with E-state index in [9.17, 15) is 0 Å². The number of para-hydroxylation sites is 4. The molecule has 0 aliphatic heterocycles. The Labute approximate surface area is 379 Å². The van der Waals surface area contributed by atoms with Gasteiger partial charge in [0.15, 0.2) is 0 Å². The fourth-order valence-corrected chi connectivity index (χ4v) is 9.38. The summed E-state index contributed by atoms with van der Waals surface area (Å²) in [6.45, 7) is 13.7. The maximum Gasteiger partial charge on any atom is 2.00 e. The molecule has 12 aromatic rings. The summed E-state index contributed by atoms with van der Waals surface area (Å²) >= 11 is 0. The summed E-state index contributed by atoms with van der Waals surface area (Å²) in [4.78, 5) is 15.8. The largest absolute Gasteiger partial charge is 2.00 e. The van der Waals surface area contributed by atoms with Crippen molar-refractivity contribution < 1.29 is 25.5 Å². The van der Waals surface area contributed by atoms with Crippen LogP contribution in [-0.2, 0) is 31.9 Å². The van der Waals surface area contributed by atoms with Crippen LogP contribution in [0.5, 0.6) is 0 Å². The van der Waals surface area contributed by atoms with Crippen LogP contribution < -0.4 is 4.98 Å². The molecule has 0 amide bonds. The number of hydrogen-bond acceptors (Lipinski definition) is 3. The van der Waals surface area contributed by atoms with Gasteiger partial charge in [-0.05, 0) is 86.1 Å². The minimum atomic E-state index is -0.0746. The molecule has 6 nitrogen and oxygen atoms in total. The van der Waals surface area contributed by atoms with Gasteiger partial charge in [0.1, 0.15) is 22.8 Å². The fraction of sp³-hybridized carbons (Fsp3) is 0.143. The molecular formula is C56H43N5OPt. The van der Waals surface area contributed by atoms with Gasteiger partial charge in [-0.1, -0.05) is 137 Å². The smallest absolute Gasteiger partial charge is 0.656 e. The zero-order chi connectivity index (χ0) is 42.1. The van der Waals surface area contributed by atoms with E-state index in [1.807, 2.05) is 30.5 Å². The van der Waals surface area contributed by atoms with Crippen LogP contribution in [0.2, 0.25) is 0 Å². The van der Waals surface area contributed by atoms with Crippen LogP contribution in [0.25, 0.3) is 111 Å². The molecule has 0 aliphatic carbocycles. The molecule has 0 aliphatic rings. The molecule has 0 N–H and O–H groups in total. The molecule has 5 aromatic heterocycles. The van der Waals surface area contributed by atoms with Crippen molar-refractivity contribution in [2.24, 2.45) is 0 Å². The molecule has 5 heterocycles. The van der Waals surface area contributed by atoms with E-state index in [1.165, 1.54) is 11.1 Å². The number of nitrogens with zero attached hydrogens (tertiary/aromatic N) is 5. The Morgan fingerprint density at radius 1 is 0.556 bits per heavy atom. The maximum absolute atomic E-state index is 6.41. The van der Waals surface area contributed by atoms with Gasteiger partial charge in [0.05, 0.1) is 11.0 Å². The Morgan fingerprint density at radius 3 is 2.05 bits per heavy atom. The summed E-state index contributed by atoms with van der Waals surface area (Å²) in [5.74, 6) is 1.67. The predicted molar refractivity (Wildman–Crippen MR) is 256 cm³/mol. The van der Waals surface area contributed by atoms with Crippen LogP contribution in [0.1, 0.15) is 52.7 Å². The van der Waals surface area contributed by atoms with E-state index < -0.39 is 0 Å². The Morgan fingerprint density at radius 2 is 1.27 bits per heavy atom. The number of rotatable bonds is 4. The van der Waals surface area contributed by atoms with Crippen molar-refractivity contribution in [3.8, 4) is 34.0 Å². The van der Waals surface area contributed by atoms with Crippen molar-refractivity contribution in [3.63, 3.8) is 0 Å². The normalized spacial score (nSPS) is 12.5. The third-order valence-corrected chi connectivity index (χ3v) is 12.6. The average Bonchev–Trinajstić information content (AvgIpc) is 4.03. The van der Waals surface area contributed by atoms with E-state index in [0.717, 1.165) is 111 Å². The minimum absolute atomic E-state index is 0. The molecule has 0 spiro atoms. The molecule has 0 fully saturated rings. The summed E-state index contributed by atoms with van der Waals surface area (Å²) in [6, 6.07) is 55.5. The van der Waals surface area contributed by atoms with Crippen molar-refractivity contribution in [3.05, 3.63) is 169 Å². The summed E-state index contributed by atoms with van der Waals surface area (Å²) in [7, 11) is 0. The molecule has 0 saturated carbocycles. The van der Waals surface area contributed by atoms with E-state index in [0.29, 0.717) is 0 Å². The summed E-state index contributed by atoms with van der Waals surface area (Å²) in [5, 5.41) is 6.67. The van der Waals surface area contributed by atoms with Crippen LogP contribution in [0.15, 0.2) is 156 Å². The Balaban J connectivity index is 0.00000444. The van der Waals surface area contributed by atoms with E-state index >= 15 is 0 Å². The molecular weight excluding hydrogens is 954 g/mol. The van der Waals surface area contributed by atoms with Gasteiger partial charge >= 0.3 is 21.1 Å². The van der Waals surface area contributed by atoms with Gasteiger partial charge in [0.2, 0.25) is 0 Å². The van der Waals surface area contributed by atoms with E-state index in [-0.39, 0.29) is 31.9 Å². The van der Waals surface area contributed by atoms with Crippen molar-refractivity contribution in [2.75, 3.05) is 0 Å². The first-order valence-electron chi connectivity index (χ1n) is 21.4. The van der Waals surface area contributed by atoms with Gasteiger partial charge in [-0.3, -0.25) is 4.57 Å². The van der Waals surface area contributed by atoms with Crippen LogP contribution in [0, 0.1) is 6.07 Å². The zero-order valence-corrected chi connectivity index (χ0v) is 38.2. The summed E-state index contributed by atoms with van der Waals surface area (Å²) in [5.41, 5.74) is 13.9. The number of furan rings is 1. The Hall–Kier alpha value is -6.75. The monoisotopic (exact) mass is 996 g/mol. The predicted octanol–water partition coefficient (Wildman–Crippen LogP) is 14.4. The molecule has 0 radical (unpaired) electrons. The number of fused-ring (bicyclic) bond motifs is 10. The van der Waals surface area contributed by atoms with Crippen molar-refractivity contribution in [1.29, 1.82) is 0 Å². The molecule has 7 heteroatoms. The molecule has 308 valence electrons. The second-order valence-electron chi connectivity index (χ2n) is 18.7. The van der Waals surface area contributed by atoms with Crippen LogP contribution >= 0.6 is 0 Å². The first-order chi connectivity index (χ1) is 30.0. The summed E-state index contributed by atoms with van der Waals surface area (Å²) in [6.07, 6.45) is 1.84. The number of hydrogen-bond donors (Lipinski definition) is 0. The quantitative estimate of drug-likeness (QED) is 0.165. The molecule has 0 unspecified atom stereocenters. The first kappa shape index (κ1) is 39.1. The van der Waals surface area contributed by atoms with E-state index in [4.69, 9.17) is 19.4 Å². The van der Waals surface area contributed by atoms with Crippen molar-refractivity contribution in [1.82, 2.24) is 24.1 Å². The second-order valence-corrected chi connectivity index (χ2v) is 18.7.